The van der Waals surface area contributed by atoms with Crippen molar-refractivity contribution in [3.63, 3.8) is 0 Å². The van der Waals surface area contributed by atoms with E-state index >= 15 is 0 Å². The van der Waals surface area contributed by atoms with E-state index in [2.05, 4.69) is 41.3 Å². The van der Waals surface area contributed by atoms with Gasteiger partial charge in [-0.05, 0) is 32.0 Å². The van der Waals surface area contributed by atoms with E-state index in [1.165, 1.54) is 9.75 Å². The summed E-state index contributed by atoms with van der Waals surface area (Å²) < 4.78 is 0. The molecule has 1 atom stereocenters. The Hall–Kier alpha value is -1.62. The van der Waals surface area contributed by atoms with E-state index in [1.54, 1.807) is 6.20 Å². The van der Waals surface area contributed by atoms with Crippen molar-refractivity contribution in [3.8, 4) is 0 Å². The molecule has 0 aliphatic rings. The number of nitrogen functional groups attached to an aromatic ring is 1. The molecule has 17 heavy (non-hydrogen) atoms. The fraction of sp³-hybridized carbons (Fsp3) is 0.333. The van der Waals surface area contributed by atoms with Gasteiger partial charge in [0.2, 0.25) is 5.95 Å². The van der Waals surface area contributed by atoms with Gasteiger partial charge in [0, 0.05) is 28.4 Å². The fourth-order valence-electron chi connectivity index (χ4n) is 1.65. The Bertz CT molecular complexity index is 495. The summed E-state index contributed by atoms with van der Waals surface area (Å²) in [5.41, 5.74) is 5.53. The van der Waals surface area contributed by atoms with E-state index in [1.807, 2.05) is 17.4 Å². The molecule has 2 heterocycles. The molecule has 4 nitrogen and oxygen atoms in total. The van der Waals surface area contributed by atoms with Gasteiger partial charge in [0.15, 0.2) is 0 Å². The molecule has 0 aromatic carbocycles. The van der Waals surface area contributed by atoms with Gasteiger partial charge >= 0.3 is 0 Å². The second-order valence-corrected chi connectivity index (χ2v) is 5.43. The maximum atomic E-state index is 5.53. The van der Waals surface area contributed by atoms with E-state index in [0.29, 0.717) is 12.0 Å². The van der Waals surface area contributed by atoms with Crippen LogP contribution in [0.4, 0.5) is 11.8 Å². The minimum Gasteiger partial charge on any atom is -0.368 e. The summed E-state index contributed by atoms with van der Waals surface area (Å²) >= 11 is 1.83. The molecule has 0 bridgehead atoms. The summed E-state index contributed by atoms with van der Waals surface area (Å²) in [4.78, 5) is 10.7. The van der Waals surface area contributed by atoms with Gasteiger partial charge in [-0.1, -0.05) is 0 Å². The summed E-state index contributed by atoms with van der Waals surface area (Å²) in [5, 5.41) is 3.32. The molecule has 1 unspecified atom stereocenters. The minimum absolute atomic E-state index is 0.300. The van der Waals surface area contributed by atoms with Crippen LogP contribution in [0.3, 0.4) is 0 Å². The van der Waals surface area contributed by atoms with E-state index < -0.39 is 0 Å². The number of rotatable bonds is 4. The van der Waals surface area contributed by atoms with Gasteiger partial charge in [-0.25, -0.2) is 4.98 Å². The molecule has 2 rings (SSSR count). The number of aryl methyl sites for hydroxylation is 1. The minimum atomic E-state index is 0.300. The third-order valence-corrected chi connectivity index (χ3v) is 3.39. The maximum Gasteiger partial charge on any atom is 0.221 e. The molecule has 0 saturated heterocycles. The Labute approximate surface area is 105 Å². The molecule has 90 valence electrons. The second-order valence-electron chi connectivity index (χ2n) is 4.06. The van der Waals surface area contributed by atoms with Crippen LogP contribution < -0.4 is 11.1 Å². The first-order chi connectivity index (χ1) is 8.13. The fourth-order valence-corrected chi connectivity index (χ4v) is 2.67. The highest BCUT2D eigenvalue weighted by molar-refractivity contribution is 7.11. The molecule has 0 fully saturated rings. The predicted octanol–water partition coefficient (Wildman–Crippen LogP) is 2.47. The summed E-state index contributed by atoms with van der Waals surface area (Å²) in [6.07, 6.45) is 2.65. The molecule has 0 aliphatic heterocycles. The first kappa shape index (κ1) is 11.9. The van der Waals surface area contributed by atoms with Gasteiger partial charge in [-0.2, -0.15) is 4.98 Å². The van der Waals surface area contributed by atoms with Crippen LogP contribution in [0, 0.1) is 6.92 Å². The van der Waals surface area contributed by atoms with Gasteiger partial charge in [-0.15, -0.1) is 11.3 Å². The molecule has 0 spiro atoms. The van der Waals surface area contributed by atoms with Crippen molar-refractivity contribution in [1.82, 2.24) is 9.97 Å². The summed E-state index contributed by atoms with van der Waals surface area (Å²) in [7, 11) is 0. The van der Waals surface area contributed by atoms with Crippen molar-refractivity contribution >= 4 is 23.1 Å². The van der Waals surface area contributed by atoms with E-state index in [9.17, 15) is 0 Å². The number of aromatic nitrogens is 2. The average Bonchev–Trinajstić information content (AvgIpc) is 2.63. The second kappa shape index (κ2) is 5.14. The zero-order chi connectivity index (χ0) is 12.3. The smallest absolute Gasteiger partial charge is 0.221 e. The molecular formula is C12H16N4S. The lowest BCUT2D eigenvalue weighted by Gasteiger charge is -2.13. The number of thiophene rings is 1. The Balaban J connectivity index is 1.95. The highest BCUT2D eigenvalue weighted by Crippen LogP contribution is 2.17. The van der Waals surface area contributed by atoms with Gasteiger partial charge in [0.25, 0.3) is 0 Å². The highest BCUT2D eigenvalue weighted by atomic mass is 32.1. The Morgan fingerprint density at radius 2 is 2.24 bits per heavy atom. The van der Waals surface area contributed by atoms with Crippen LogP contribution in [0.15, 0.2) is 24.4 Å². The number of anilines is 2. The normalized spacial score (nSPS) is 12.4. The van der Waals surface area contributed by atoms with Crippen LogP contribution in [-0.2, 0) is 6.42 Å². The first-order valence-electron chi connectivity index (χ1n) is 5.54. The van der Waals surface area contributed by atoms with Crippen LogP contribution in [0.25, 0.3) is 0 Å². The summed E-state index contributed by atoms with van der Waals surface area (Å²) in [6.45, 7) is 4.25. The lowest BCUT2D eigenvalue weighted by Crippen LogP contribution is -2.18. The van der Waals surface area contributed by atoms with Crippen LogP contribution >= 0.6 is 11.3 Å². The number of nitrogens with two attached hydrogens (primary N) is 1. The Morgan fingerprint density at radius 3 is 2.88 bits per heavy atom. The van der Waals surface area contributed by atoms with Gasteiger partial charge in [0.1, 0.15) is 5.82 Å². The SMILES string of the molecule is Cc1ccc(CC(C)Nc2ccnc(N)n2)s1. The van der Waals surface area contributed by atoms with Gasteiger partial charge in [0.05, 0.1) is 0 Å². The topological polar surface area (TPSA) is 63.8 Å². The predicted molar refractivity (Wildman–Crippen MR) is 72.3 cm³/mol. The van der Waals surface area contributed by atoms with Crippen LogP contribution in [-0.4, -0.2) is 16.0 Å². The molecule has 0 aliphatic carbocycles. The van der Waals surface area contributed by atoms with E-state index in [4.69, 9.17) is 5.73 Å². The number of hydrogen-bond acceptors (Lipinski definition) is 5. The molecule has 2 aromatic rings. The maximum absolute atomic E-state index is 5.53. The Morgan fingerprint density at radius 1 is 1.41 bits per heavy atom. The van der Waals surface area contributed by atoms with Crippen molar-refractivity contribution in [2.75, 3.05) is 11.1 Å². The van der Waals surface area contributed by atoms with E-state index in [0.717, 1.165) is 12.2 Å². The third-order valence-electron chi connectivity index (χ3n) is 2.37. The van der Waals surface area contributed by atoms with Crippen molar-refractivity contribution in [1.29, 1.82) is 0 Å². The number of nitrogens with zero attached hydrogens (tertiary/aromatic N) is 2. The standard InChI is InChI=1S/C12H16N4S/c1-8(7-10-4-3-9(2)17-10)15-11-5-6-14-12(13)16-11/h3-6,8H,7H2,1-2H3,(H3,13,14,15,16). The van der Waals surface area contributed by atoms with E-state index in [-0.39, 0.29) is 0 Å². The molecule has 0 saturated carbocycles. The first-order valence-corrected chi connectivity index (χ1v) is 6.35. The molecule has 2 aromatic heterocycles. The molecule has 3 N–H and O–H groups in total. The quantitative estimate of drug-likeness (QED) is 0.872. The summed E-state index contributed by atoms with van der Waals surface area (Å²) in [6, 6.07) is 6.47. The number of nitrogens with one attached hydrogen (secondary N) is 1. The summed E-state index contributed by atoms with van der Waals surface area (Å²) in [5.74, 6) is 1.08. The van der Waals surface area contributed by atoms with Crippen LogP contribution in [0.1, 0.15) is 16.7 Å². The Kier molecular flexibility index (Phi) is 3.58. The zero-order valence-corrected chi connectivity index (χ0v) is 10.8. The van der Waals surface area contributed by atoms with Crippen molar-refractivity contribution in [2.45, 2.75) is 26.3 Å². The molecule has 5 heteroatoms. The van der Waals surface area contributed by atoms with Crippen LogP contribution in [0.2, 0.25) is 0 Å². The lowest BCUT2D eigenvalue weighted by molar-refractivity contribution is 0.794. The van der Waals surface area contributed by atoms with Gasteiger partial charge in [-0.3, -0.25) is 0 Å². The zero-order valence-electron chi connectivity index (χ0n) is 9.97. The van der Waals surface area contributed by atoms with Gasteiger partial charge < -0.3 is 11.1 Å². The molecule has 0 amide bonds. The van der Waals surface area contributed by atoms with Crippen molar-refractivity contribution in [2.24, 2.45) is 0 Å². The number of hydrogen-bond donors (Lipinski definition) is 2. The molecular weight excluding hydrogens is 232 g/mol. The molecule has 0 radical (unpaired) electrons. The third kappa shape index (κ3) is 3.42. The van der Waals surface area contributed by atoms with Crippen molar-refractivity contribution in [3.05, 3.63) is 34.2 Å². The van der Waals surface area contributed by atoms with Crippen LogP contribution in [0.5, 0.6) is 0 Å². The lowest BCUT2D eigenvalue weighted by atomic mass is 10.2. The largest absolute Gasteiger partial charge is 0.368 e. The highest BCUT2D eigenvalue weighted by Gasteiger charge is 2.06. The van der Waals surface area contributed by atoms with Crippen molar-refractivity contribution < 1.29 is 0 Å². The monoisotopic (exact) mass is 248 g/mol. The average molecular weight is 248 g/mol.